The van der Waals surface area contributed by atoms with Gasteiger partial charge in [-0.2, -0.15) is 0 Å². The summed E-state index contributed by atoms with van der Waals surface area (Å²) in [4.78, 5) is 16.6. The third-order valence-corrected chi connectivity index (χ3v) is 4.74. The Morgan fingerprint density at radius 2 is 2.04 bits per heavy atom. The van der Waals surface area contributed by atoms with Crippen LogP contribution in [0.3, 0.4) is 0 Å². The van der Waals surface area contributed by atoms with Crippen LogP contribution in [0.25, 0.3) is 22.6 Å². The van der Waals surface area contributed by atoms with Crippen molar-refractivity contribution in [1.82, 2.24) is 4.98 Å². The Labute approximate surface area is 154 Å². The maximum atomic E-state index is 11.9. The fourth-order valence-corrected chi connectivity index (χ4v) is 2.90. The highest BCUT2D eigenvalue weighted by molar-refractivity contribution is 5.91. The molecule has 0 fully saturated rings. The van der Waals surface area contributed by atoms with Gasteiger partial charge < -0.3 is 9.73 Å². The number of fused-ring (bicyclic) bond motifs is 1. The van der Waals surface area contributed by atoms with Crippen LogP contribution in [0.15, 0.2) is 46.9 Å². The zero-order valence-electron chi connectivity index (χ0n) is 15.7. The lowest BCUT2D eigenvalue weighted by molar-refractivity contribution is -0.116. The van der Waals surface area contributed by atoms with Crippen LogP contribution in [0.5, 0.6) is 0 Å². The molecule has 0 spiro atoms. The molecule has 2 aromatic carbocycles. The molecule has 0 unspecified atom stereocenters. The Bertz CT molecular complexity index is 898. The minimum Gasteiger partial charge on any atom is -0.436 e. The Hall–Kier alpha value is -2.62. The van der Waals surface area contributed by atoms with Gasteiger partial charge in [0.25, 0.3) is 0 Å². The molecule has 26 heavy (non-hydrogen) atoms. The molecular formula is C22H26N2O2. The predicted octanol–water partition coefficient (Wildman–Crippen LogP) is 6.14. The molecule has 136 valence electrons. The molecule has 3 aromatic rings. The third-order valence-electron chi connectivity index (χ3n) is 4.74. The number of nitrogens with zero attached hydrogens (tertiary/aromatic N) is 1. The van der Waals surface area contributed by atoms with Gasteiger partial charge in [0.05, 0.1) is 0 Å². The van der Waals surface area contributed by atoms with E-state index < -0.39 is 0 Å². The van der Waals surface area contributed by atoms with Crippen LogP contribution in [0.2, 0.25) is 0 Å². The quantitative estimate of drug-likeness (QED) is 0.557. The monoisotopic (exact) mass is 350 g/mol. The van der Waals surface area contributed by atoms with E-state index in [0.717, 1.165) is 41.6 Å². The number of carbonyl (C=O) groups excluding carboxylic acids is 1. The van der Waals surface area contributed by atoms with Crippen molar-refractivity contribution in [3.63, 3.8) is 0 Å². The number of benzene rings is 2. The van der Waals surface area contributed by atoms with E-state index in [1.807, 2.05) is 30.3 Å². The lowest BCUT2D eigenvalue weighted by Crippen LogP contribution is -2.10. The summed E-state index contributed by atoms with van der Waals surface area (Å²) >= 11 is 0. The van der Waals surface area contributed by atoms with Crippen molar-refractivity contribution in [3.8, 4) is 11.5 Å². The SMILES string of the molecule is CCCCC(=O)Nc1cccc(-c2nc3cc([C@@H](C)CC)ccc3o2)c1. The summed E-state index contributed by atoms with van der Waals surface area (Å²) in [6.45, 7) is 6.48. The Morgan fingerprint density at radius 3 is 2.81 bits per heavy atom. The van der Waals surface area contributed by atoms with Crippen LogP contribution in [0.1, 0.15) is 57.9 Å². The van der Waals surface area contributed by atoms with Gasteiger partial charge in [-0.05, 0) is 54.7 Å². The topological polar surface area (TPSA) is 55.1 Å². The average molecular weight is 350 g/mol. The van der Waals surface area contributed by atoms with Crippen molar-refractivity contribution in [3.05, 3.63) is 48.0 Å². The Balaban J connectivity index is 1.84. The number of rotatable bonds is 7. The van der Waals surface area contributed by atoms with E-state index in [1.54, 1.807) is 0 Å². The van der Waals surface area contributed by atoms with Crippen molar-refractivity contribution >= 4 is 22.7 Å². The number of carbonyl (C=O) groups is 1. The van der Waals surface area contributed by atoms with Gasteiger partial charge in [-0.1, -0.05) is 39.3 Å². The van der Waals surface area contributed by atoms with Crippen LogP contribution >= 0.6 is 0 Å². The smallest absolute Gasteiger partial charge is 0.227 e. The fourth-order valence-electron chi connectivity index (χ4n) is 2.90. The minimum atomic E-state index is 0.0414. The van der Waals surface area contributed by atoms with Crippen LogP contribution < -0.4 is 5.32 Å². The van der Waals surface area contributed by atoms with Gasteiger partial charge in [-0.3, -0.25) is 4.79 Å². The fraction of sp³-hybridized carbons (Fsp3) is 0.364. The molecule has 1 atom stereocenters. The zero-order valence-corrected chi connectivity index (χ0v) is 15.7. The van der Waals surface area contributed by atoms with Gasteiger partial charge in [0.15, 0.2) is 5.58 Å². The standard InChI is InChI=1S/C22H26N2O2/c1-4-6-10-21(25)23-18-9-7-8-17(13-18)22-24-19-14-16(15(3)5-2)11-12-20(19)26-22/h7-9,11-15H,4-6,10H2,1-3H3,(H,23,25)/t15-/m0/s1. The average Bonchev–Trinajstić information content (AvgIpc) is 3.09. The van der Waals surface area contributed by atoms with E-state index in [2.05, 4.69) is 43.2 Å². The molecule has 0 radical (unpaired) electrons. The molecule has 0 aliphatic heterocycles. The molecule has 0 aliphatic rings. The van der Waals surface area contributed by atoms with Crippen molar-refractivity contribution in [2.75, 3.05) is 5.32 Å². The Kier molecular flexibility index (Phi) is 5.71. The lowest BCUT2D eigenvalue weighted by Gasteiger charge is -2.07. The zero-order chi connectivity index (χ0) is 18.5. The number of unbranched alkanes of at least 4 members (excludes halogenated alkanes) is 1. The molecular weight excluding hydrogens is 324 g/mol. The molecule has 1 aromatic heterocycles. The van der Waals surface area contributed by atoms with Crippen molar-refractivity contribution in [2.24, 2.45) is 0 Å². The van der Waals surface area contributed by atoms with Crippen molar-refractivity contribution in [1.29, 1.82) is 0 Å². The van der Waals surface area contributed by atoms with Gasteiger partial charge in [0.2, 0.25) is 11.8 Å². The number of hydrogen-bond acceptors (Lipinski definition) is 3. The largest absolute Gasteiger partial charge is 0.436 e. The molecule has 1 amide bonds. The minimum absolute atomic E-state index is 0.0414. The van der Waals surface area contributed by atoms with Gasteiger partial charge in [0, 0.05) is 17.7 Å². The molecule has 1 heterocycles. The number of aromatic nitrogens is 1. The molecule has 1 N–H and O–H groups in total. The highest BCUT2D eigenvalue weighted by Crippen LogP contribution is 2.29. The summed E-state index contributed by atoms with van der Waals surface area (Å²) in [6.07, 6.45) is 3.54. The van der Waals surface area contributed by atoms with E-state index in [0.29, 0.717) is 18.2 Å². The number of nitrogens with one attached hydrogen (secondary N) is 1. The van der Waals surface area contributed by atoms with E-state index in [-0.39, 0.29) is 5.91 Å². The lowest BCUT2D eigenvalue weighted by atomic mass is 9.98. The summed E-state index contributed by atoms with van der Waals surface area (Å²) in [6, 6.07) is 13.8. The van der Waals surface area contributed by atoms with Crippen molar-refractivity contribution in [2.45, 2.75) is 52.4 Å². The molecule has 0 aliphatic carbocycles. The van der Waals surface area contributed by atoms with Gasteiger partial charge in [0.1, 0.15) is 5.52 Å². The molecule has 0 bridgehead atoms. The maximum Gasteiger partial charge on any atom is 0.227 e. The first-order chi connectivity index (χ1) is 12.6. The van der Waals surface area contributed by atoms with Crippen LogP contribution in [-0.4, -0.2) is 10.9 Å². The molecule has 3 rings (SSSR count). The second-order valence-electron chi connectivity index (χ2n) is 6.79. The highest BCUT2D eigenvalue weighted by Gasteiger charge is 2.12. The molecule has 0 saturated carbocycles. The first kappa shape index (κ1) is 18.2. The number of hydrogen-bond donors (Lipinski definition) is 1. The van der Waals surface area contributed by atoms with E-state index >= 15 is 0 Å². The molecule has 4 nitrogen and oxygen atoms in total. The molecule has 4 heteroatoms. The highest BCUT2D eigenvalue weighted by atomic mass is 16.3. The Morgan fingerprint density at radius 1 is 1.19 bits per heavy atom. The summed E-state index contributed by atoms with van der Waals surface area (Å²) in [5.74, 6) is 1.12. The van der Waals surface area contributed by atoms with Gasteiger partial charge >= 0.3 is 0 Å². The number of oxazole rings is 1. The first-order valence-corrected chi connectivity index (χ1v) is 9.41. The second kappa shape index (κ2) is 8.17. The molecule has 0 saturated heterocycles. The van der Waals surface area contributed by atoms with Crippen LogP contribution in [-0.2, 0) is 4.79 Å². The van der Waals surface area contributed by atoms with Crippen LogP contribution in [0.4, 0.5) is 5.69 Å². The van der Waals surface area contributed by atoms with Crippen molar-refractivity contribution < 1.29 is 9.21 Å². The second-order valence-corrected chi connectivity index (χ2v) is 6.79. The predicted molar refractivity (Wildman–Crippen MR) is 106 cm³/mol. The number of anilines is 1. The van der Waals surface area contributed by atoms with Gasteiger partial charge in [-0.15, -0.1) is 0 Å². The summed E-state index contributed by atoms with van der Waals surface area (Å²) < 4.78 is 5.92. The third kappa shape index (κ3) is 4.13. The summed E-state index contributed by atoms with van der Waals surface area (Å²) in [5.41, 5.74) is 4.56. The van der Waals surface area contributed by atoms with E-state index in [4.69, 9.17) is 4.42 Å². The van der Waals surface area contributed by atoms with E-state index in [1.165, 1.54) is 5.56 Å². The van der Waals surface area contributed by atoms with E-state index in [9.17, 15) is 4.79 Å². The summed E-state index contributed by atoms with van der Waals surface area (Å²) in [5, 5.41) is 2.94. The van der Waals surface area contributed by atoms with Crippen LogP contribution in [0, 0.1) is 0 Å². The van der Waals surface area contributed by atoms with Gasteiger partial charge in [-0.25, -0.2) is 4.98 Å². The maximum absolute atomic E-state index is 11.9. The normalized spacial score (nSPS) is 12.3. The number of amides is 1. The first-order valence-electron chi connectivity index (χ1n) is 9.41. The summed E-state index contributed by atoms with van der Waals surface area (Å²) in [7, 11) is 0.